The van der Waals surface area contributed by atoms with Gasteiger partial charge in [-0.3, -0.25) is 0 Å². The van der Waals surface area contributed by atoms with Crippen LogP contribution in [0.3, 0.4) is 0 Å². The lowest BCUT2D eigenvalue weighted by Gasteiger charge is -2.08. The maximum atomic E-state index is 13.5. The molecule has 0 saturated carbocycles. The van der Waals surface area contributed by atoms with Crippen molar-refractivity contribution in [1.82, 2.24) is 4.72 Å². The van der Waals surface area contributed by atoms with E-state index >= 15 is 0 Å². The molecule has 22 heavy (non-hydrogen) atoms. The van der Waals surface area contributed by atoms with Crippen LogP contribution in [0.2, 0.25) is 0 Å². The number of ether oxygens (including phenoxy) is 1. The Kier molecular flexibility index (Phi) is 5.10. The molecular formula is C15H15F2NO3S. The summed E-state index contributed by atoms with van der Waals surface area (Å²) in [7, 11) is -2.48. The molecule has 0 aliphatic rings. The zero-order valence-corrected chi connectivity index (χ0v) is 12.7. The summed E-state index contributed by atoms with van der Waals surface area (Å²) in [5, 5.41) is 0. The first-order chi connectivity index (χ1) is 10.4. The van der Waals surface area contributed by atoms with Gasteiger partial charge in [-0.15, -0.1) is 0 Å². The van der Waals surface area contributed by atoms with Crippen LogP contribution >= 0.6 is 0 Å². The van der Waals surface area contributed by atoms with E-state index in [1.165, 1.54) is 0 Å². The topological polar surface area (TPSA) is 55.4 Å². The Morgan fingerprint density at radius 1 is 1.14 bits per heavy atom. The summed E-state index contributed by atoms with van der Waals surface area (Å²) < 4.78 is 57.7. The quantitative estimate of drug-likeness (QED) is 0.887. The third-order valence-corrected chi connectivity index (χ3v) is 4.52. The molecule has 0 heterocycles. The molecule has 0 amide bonds. The Labute approximate surface area is 127 Å². The predicted octanol–water partition coefficient (Wildman–Crippen LogP) is 2.49. The number of methoxy groups -OCH3 is 1. The maximum Gasteiger partial charge on any atom is 0.243 e. The minimum absolute atomic E-state index is 0.0896. The largest absolute Gasteiger partial charge is 0.497 e. The van der Waals surface area contributed by atoms with E-state index in [1.807, 2.05) is 6.07 Å². The van der Waals surface area contributed by atoms with Crippen molar-refractivity contribution < 1.29 is 21.9 Å². The summed E-state index contributed by atoms with van der Waals surface area (Å²) in [6.45, 7) is 0.0896. The minimum Gasteiger partial charge on any atom is -0.497 e. The standard InChI is InChI=1S/C15H15F2NO3S/c1-21-13-4-2-3-11(9-13)7-8-18-22(19,20)15-6-5-12(16)10-14(15)17/h2-6,9-10,18H,7-8H2,1H3. The third-order valence-electron chi connectivity index (χ3n) is 3.02. The van der Waals surface area contributed by atoms with Gasteiger partial charge >= 0.3 is 0 Å². The van der Waals surface area contributed by atoms with Crippen molar-refractivity contribution in [2.24, 2.45) is 0 Å². The number of hydrogen-bond donors (Lipinski definition) is 1. The van der Waals surface area contributed by atoms with Crippen LogP contribution in [0.1, 0.15) is 5.56 Å². The van der Waals surface area contributed by atoms with Crippen molar-refractivity contribution in [3.8, 4) is 5.75 Å². The molecule has 0 unspecified atom stereocenters. The molecule has 1 N–H and O–H groups in total. The SMILES string of the molecule is COc1cccc(CCNS(=O)(=O)c2ccc(F)cc2F)c1. The van der Waals surface area contributed by atoms with Gasteiger partial charge in [0.1, 0.15) is 22.3 Å². The van der Waals surface area contributed by atoms with Gasteiger partial charge in [-0.25, -0.2) is 21.9 Å². The van der Waals surface area contributed by atoms with Crippen LogP contribution < -0.4 is 9.46 Å². The number of rotatable bonds is 6. The van der Waals surface area contributed by atoms with E-state index in [2.05, 4.69) is 4.72 Å². The number of hydrogen-bond acceptors (Lipinski definition) is 3. The molecule has 0 spiro atoms. The van der Waals surface area contributed by atoms with Gasteiger partial charge in [-0.1, -0.05) is 12.1 Å². The summed E-state index contributed by atoms with van der Waals surface area (Å²) in [4.78, 5) is -0.570. The molecule has 0 aliphatic carbocycles. The lowest BCUT2D eigenvalue weighted by Crippen LogP contribution is -2.26. The molecular weight excluding hydrogens is 312 g/mol. The van der Waals surface area contributed by atoms with Gasteiger partial charge in [0.05, 0.1) is 7.11 Å². The Morgan fingerprint density at radius 3 is 2.59 bits per heavy atom. The average molecular weight is 327 g/mol. The molecule has 2 aromatic carbocycles. The number of halogens is 2. The molecule has 0 fully saturated rings. The van der Waals surface area contributed by atoms with Gasteiger partial charge in [0.2, 0.25) is 10.0 Å². The first-order valence-corrected chi connectivity index (χ1v) is 7.98. The second-order valence-electron chi connectivity index (χ2n) is 4.57. The first kappa shape index (κ1) is 16.4. The van der Waals surface area contributed by atoms with E-state index in [0.717, 1.165) is 17.7 Å². The monoisotopic (exact) mass is 327 g/mol. The van der Waals surface area contributed by atoms with Crippen LogP contribution in [0.5, 0.6) is 5.75 Å². The molecule has 7 heteroatoms. The Balaban J connectivity index is 2.03. The van der Waals surface area contributed by atoms with Gasteiger partial charge in [0.25, 0.3) is 0 Å². The van der Waals surface area contributed by atoms with Gasteiger partial charge in [0.15, 0.2) is 0 Å². The molecule has 0 aromatic heterocycles. The molecule has 0 aliphatic heterocycles. The molecule has 2 aromatic rings. The summed E-state index contributed by atoms with van der Waals surface area (Å²) in [6, 6.07) is 9.53. The predicted molar refractivity (Wildman–Crippen MR) is 78.2 cm³/mol. The van der Waals surface area contributed by atoms with Gasteiger partial charge in [-0.05, 0) is 36.2 Å². The average Bonchev–Trinajstić information content (AvgIpc) is 2.47. The summed E-state index contributed by atoms with van der Waals surface area (Å²) in [6.07, 6.45) is 0.416. The minimum atomic E-state index is -4.02. The highest BCUT2D eigenvalue weighted by Gasteiger charge is 2.18. The van der Waals surface area contributed by atoms with E-state index in [1.54, 1.807) is 25.3 Å². The van der Waals surface area contributed by atoms with E-state index in [0.29, 0.717) is 18.2 Å². The number of nitrogens with one attached hydrogen (secondary N) is 1. The lowest BCUT2D eigenvalue weighted by molar-refractivity contribution is 0.414. The normalized spacial score (nSPS) is 11.4. The van der Waals surface area contributed by atoms with Crippen LogP contribution in [-0.4, -0.2) is 22.1 Å². The number of benzene rings is 2. The van der Waals surface area contributed by atoms with Gasteiger partial charge in [0, 0.05) is 12.6 Å². The highest BCUT2D eigenvalue weighted by atomic mass is 32.2. The van der Waals surface area contributed by atoms with Crippen molar-refractivity contribution in [1.29, 1.82) is 0 Å². The fraction of sp³-hybridized carbons (Fsp3) is 0.200. The van der Waals surface area contributed by atoms with Crippen LogP contribution in [-0.2, 0) is 16.4 Å². The van der Waals surface area contributed by atoms with Crippen LogP contribution in [0, 0.1) is 11.6 Å². The zero-order valence-electron chi connectivity index (χ0n) is 11.8. The van der Waals surface area contributed by atoms with Gasteiger partial charge in [-0.2, -0.15) is 0 Å². The Bertz CT molecular complexity index is 763. The number of sulfonamides is 1. The fourth-order valence-electron chi connectivity index (χ4n) is 1.93. The highest BCUT2D eigenvalue weighted by molar-refractivity contribution is 7.89. The van der Waals surface area contributed by atoms with Crippen molar-refractivity contribution in [2.45, 2.75) is 11.3 Å². The second-order valence-corrected chi connectivity index (χ2v) is 6.31. The summed E-state index contributed by atoms with van der Waals surface area (Å²) in [5.41, 5.74) is 0.877. The fourth-order valence-corrected chi connectivity index (χ4v) is 3.02. The van der Waals surface area contributed by atoms with Crippen LogP contribution in [0.25, 0.3) is 0 Å². The maximum absolute atomic E-state index is 13.5. The molecule has 2 rings (SSSR count). The Hall–Kier alpha value is -1.99. The first-order valence-electron chi connectivity index (χ1n) is 6.50. The summed E-state index contributed by atoms with van der Waals surface area (Å²) >= 11 is 0. The molecule has 0 bridgehead atoms. The van der Waals surface area contributed by atoms with Crippen molar-refractivity contribution in [2.75, 3.05) is 13.7 Å². The Morgan fingerprint density at radius 2 is 1.91 bits per heavy atom. The summed E-state index contributed by atoms with van der Waals surface area (Å²) in [5.74, 6) is -1.27. The highest BCUT2D eigenvalue weighted by Crippen LogP contribution is 2.16. The van der Waals surface area contributed by atoms with E-state index in [4.69, 9.17) is 4.74 Å². The van der Waals surface area contributed by atoms with E-state index < -0.39 is 26.6 Å². The van der Waals surface area contributed by atoms with Crippen LogP contribution in [0.15, 0.2) is 47.4 Å². The van der Waals surface area contributed by atoms with Crippen molar-refractivity contribution in [3.05, 3.63) is 59.7 Å². The molecule has 0 atom stereocenters. The van der Waals surface area contributed by atoms with E-state index in [9.17, 15) is 17.2 Å². The third kappa shape index (κ3) is 4.02. The van der Waals surface area contributed by atoms with Crippen molar-refractivity contribution >= 4 is 10.0 Å². The molecule has 4 nitrogen and oxygen atoms in total. The molecule has 0 saturated heterocycles. The smallest absolute Gasteiger partial charge is 0.243 e. The molecule has 118 valence electrons. The van der Waals surface area contributed by atoms with Crippen LogP contribution in [0.4, 0.5) is 8.78 Å². The lowest BCUT2D eigenvalue weighted by atomic mass is 10.1. The molecule has 0 radical (unpaired) electrons. The van der Waals surface area contributed by atoms with Gasteiger partial charge < -0.3 is 4.74 Å². The van der Waals surface area contributed by atoms with E-state index in [-0.39, 0.29) is 6.54 Å². The second kappa shape index (κ2) is 6.85. The van der Waals surface area contributed by atoms with Crippen molar-refractivity contribution in [3.63, 3.8) is 0 Å². The zero-order chi connectivity index (χ0) is 16.2.